The van der Waals surface area contributed by atoms with E-state index >= 15 is 0 Å². The Kier molecular flexibility index (Phi) is 3.22. The summed E-state index contributed by atoms with van der Waals surface area (Å²) in [6, 6.07) is 20.2. The third kappa shape index (κ3) is 2.29. The Morgan fingerprint density at radius 1 is 0.800 bits per heavy atom. The van der Waals surface area contributed by atoms with Crippen molar-refractivity contribution in [2.75, 3.05) is 5.75 Å². The van der Waals surface area contributed by atoms with Gasteiger partial charge >= 0.3 is 0 Å². The van der Waals surface area contributed by atoms with Crippen LogP contribution in [0.3, 0.4) is 0 Å². The van der Waals surface area contributed by atoms with Crippen LogP contribution in [-0.2, 0) is 15.3 Å². The fourth-order valence-electron chi connectivity index (χ4n) is 2.79. The summed E-state index contributed by atoms with van der Waals surface area (Å²) in [5.41, 5.74) is 1.93. The number of sulfone groups is 1. The Bertz CT molecular complexity index is 677. The van der Waals surface area contributed by atoms with Crippen molar-refractivity contribution in [1.29, 1.82) is 0 Å². The summed E-state index contributed by atoms with van der Waals surface area (Å²) in [6.07, 6.45) is 2.43. The van der Waals surface area contributed by atoms with Gasteiger partial charge in [0.2, 0.25) is 0 Å². The molecule has 0 aliphatic carbocycles. The molecule has 1 aliphatic heterocycles. The molecule has 0 spiro atoms. The normalized spacial score (nSPS) is 19.6. The largest absolute Gasteiger partial charge is 0.224 e. The monoisotopic (exact) mass is 284 g/mol. The van der Waals surface area contributed by atoms with Crippen molar-refractivity contribution in [2.45, 2.75) is 11.8 Å². The van der Waals surface area contributed by atoms with Crippen LogP contribution in [0.4, 0.5) is 0 Å². The molecule has 20 heavy (non-hydrogen) atoms. The Morgan fingerprint density at radius 2 is 1.30 bits per heavy atom. The van der Waals surface area contributed by atoms with Crippen LogP contribution in [0.25, 0.3) is 0 Å². The van der Waals surface area contributed by atoms with Crippen molar-refractivity contribution in [3.8, 4) is 0 Å². The highest BCUT2D eigenvalue weighted by Gasteiger charge is 2.35. The molecule has 0 aromatic heterocycles. The standard InChI is InChI=1S/C17H16O2S/c18-20(19)13-11-17(12-14-20,15-7-3-1-4-8-15)16-9-5-2-6-10-16/h1-11,13H,12,14H2. The molecule has 3 rings (SSSR count). The first kappa shape index (κ1) is 13.1. The average molecular weight is 284 g/mol. The molecule has 0 amide bonds. The van der Waals surface area contributed by atoms with Gasteiger partial charge in [0, 0.05) is 10.8 Å². The van der Waals surface area contributed by atoms with E-state index in [0.29, 0.717) is 6.42 Å². The Labute approximate surface area is 119 Å². The predicted octanol–water partition coefficient (Wildman–Crippen LogP) is 3.30. The minimum absolute atomic E-state index is 0.188. The van der Waals surface area contributed by atoms with Gasteiger partial charge in [-0.3, -0.25) is 0 Å². The van der Waals surface area contributed by atoms with Crippen LogP contribution in [0.15, 0.2) is 72.1 Å². The van der Waals surface area contributed by atoms with E-state index in [0.717, 1.165) is 11.1 Å². The smallest absolute Gasteiger partial charge is 0.171 e. The molecule has 0 unspecified atom stereocenters. The number of rotatable bonds is 2. The van der Waals surface area contributed by atoms with Gasteiger partial charge in [-0.05, 0) is 17.5 Å². The molecule has 3 heteroatoms. The molecule has 0 fully saturated rings. The summed E-state index contributed by atoms with van der Waals surface area (Å²) in [5.74, 6) is 0.188. The second-order valence-electron chi connectivity index (χ2n) is 5.12. The lowest BCUT2D eigenvalue weighted by Crippen LogP contribution is -2.31. The summed E-state index contributed by atoms with van der Waals surface area (Å²) in [4.78, 5) is 0. The second kappa shape index (κ2) is 4.91. The number of allylic oxidation sites excluding steroid dienone is 1. The van der Waals surface area contributed by atoms with Gasteiger partial charge in [0.05, 0.1) is 5.75 Å². The fraction of sp³-hybridized carbons (Fsp3) is 0.176. The van der Waals surface area contributed by atoms with Gasteiger partial charge in [0.1, 0.15) is 0 Å². The van der Waals surface area contributed by atoms with Crippen molar-refractivity contribution in [3.05, 3.63) is 83.3 Å². The van der Waals surface area contributed by atoms with Crippen LogP contribution in [0.1, 0.15) is 17.5 Å². The number of hydrogen-bond acceptors (Lipinski definition) is 2. The summed E-state index contributed by atoms with van der Waals surface area (Å²) in [5, 5.41) is 1.37. The van der Waals surface area contributed by atoms with Crippen molar-refractivity contribution >= 4 is 9.84 Å². The third-order valence-corrected chi connectivity index (χ3v) is 5.24. The Hall–Kier alpha value is -1.87. The maximum absolute atomic E-state index is 11.7. The second-order valence-corrected chi connectivity index (χ2v) is 7.13. The molecule has 0 saturated carbocycles. The van der Waals surface area contributed by atoms with Gasteiger partial charge in [-0.2, -0.15) is 0 Å². The fourth-order valence-corrected chi connectivity index (χ4v) is 3.98. The lowest BCUT2D eigenvalue weighted by atomic mass is 9.72. The lowest BCUT2D eigenvalue weighted by molar-refractivity contribution is 0.568. The lowest BCUT2D eigenvalue weighted by Gasteiger charge is -2.34. The van der Waals surface area contributed by atoms with Gasteiger partial charge in [0.25, 0.3) is 0 Å². The summed E-state index contributed by atoms with van der Waals surface area (Å²) < 4.78 is 23.4. The molecule has 0 bridgehead atoms. The van der Waals surface area contributed by atoms with Gasteiger partial charge in [-0.25, -0.2) is 8.42 Å². The minimum atomic E-state index is -3.05. The molecule has 0 N–H and O–H groups in total. The van der Waals surface area contributed by atoms with Crippen LogP contribution in [-0.4, -0.2) is 14.2 Å². The van der Waals surface area contributed by atoms with Crippen LogP contribution < -0.4 is 0 Å². The van der Waals surface area contributed by atoms with Crippen molar-refractivity contribution in [2.24, 2.45) is 0 Å². The SMILES string of the molecule is O=S1(=O)C=CC(c2ccccc2)(c2ccccc2)CC1. The molecule has 2 aromatic carbocycles. The zero-order chi connectivity index (χ0) is 14.1. The van der Waals surface area contributed by atoms with Gasteiger partial charge in [-0.1, -0.05) is 66.7 Å². The van der Waals surface area contributed by atoms with E-state index < -0.39 is 9.84 Å². The maximum Gasteiger partial charge on any atom is 0.171 e. The van der Waals surface area contributed by atoms with E-state index in [1.807, 2.05) is 42.5 Å². The maximum atomic E-state index is 11.7. The molecule has 0 saturated heterocycles. The highest BCUT2D eigenvalue weighted by molar-refractivity contribution is 7.94. The van der Waals surface area contributed by atoms with E-state index in [-0.39, 0.29) is 11.2 Å². The minimum Gasteiger partial charge on any atom is -0.224 e. The first-order valence-corrected chi connectivity index (χ1v) is 8.37. The number of hydrogen-bond donors (Lipinski definition) is 0. The van der Waals surface area contributed by atoms with Crippen molar-refractivity contribution in [1.82, 2.24) is 0 Å². The topological polar surface area (TPSA) is 34.1 Å². The van der Waals surface area contributed by atoms with Crippen LogP contribution >= 0.6 is 0 Å². The van der Waals surface area contributed by atoms with Crippen molar-refractivity contribution < 1.29 is 8.42 Å². The number of benzene rings is 2. The van der Waals surface area contributed by atoms with E-state index in [2.05, 4.69) is 24.3 Å². The molecular weight excluding hydrogens is 268 g/mol. The van der Waals surface area contributed by atoms with Gasteiger partial charge < -0.3 is 0 Å². The van der Waals surface area contributed by atoms with E-state index in [9.17, 15) is 8.42 Å². The molecule has 102 valence electrons. The van der Waals surface area contributed by atoms with Crippen LogP contribution in [0.2, 0.25) is 0 Å². The van der Waals surface area contributed by atoms with Gasteiger partial charge in [0.15, 0.2) is 9.84 Å². The molecule has 1 aliphatic rings. The van der Waals surface area contributed by atoms with Gasteiger partial charge in [-0.15, -0.1) is 0 Å². The first-order chi connectivity index (χ1) is 9.62. The van der Waals surface area contributed by atoms with Crippen LogP contribution in [0, 0.1) is 0 Å². The molecule has 1 heterocycles. The predicted molar refractivity (Wildman–Crippen MR) is 81.2 cm³/mol. The third-order valence-electron chi connectivity index (χ3n) is 3.92. The summed E-state index contributed by atoms with van der Waals surface area (Å²) in [6.45, 7) is 0. The zero-order valence-corrected chi connectivity index (χ0v) is 11.9. The first-order valence-electron chi connectivity index (χ1n) is 6.65. The summed E-state index contributed by atoms with van der Waals surface area (Å²) in [7, 11) is -3.05. The zero-order valence-electron chi connectivity index (χ0n) is 11.1. The molecule has 2 nitrogen and oxygen atoms in total. The molecular formula is C17H16O2S. The summed E-state index contributed by atoms with van der Waals surface area (Å²) >= 11 is 0. The van der Waals surface area contributed by atoms with Crippen molar-refractivity contribution in [3.63, 3.8) is 0 Å². The quantitative estimate of drug-likeness (QED) is 0.848. The van der Waals surface area contributed by atoms with E-state index in [1.54, 1.807) is 0 Å². The Morgan fingerprint density at radius 3 is 1.70 bits per heavy atom. The molecule has 2 aromatic rings. The van der Waals surface area contributed by atoms with E-state index in [1.165, 1.54) is 5.41 Å². The molecule has 0 radical (unpaired) electrons. The van der Waals surface area contributed by atoms with Crippen LogP contribution in [0.5, 0.6) is 0 Å². The highest BCUT2D eigenvalue weighted by atomic mass is 32.2. The highest BCUT2D eigenvalue weighted by Crippen LogP contribution is 2.40. The molecule has 0 atom stereocenters. The Balaban J connectivity index is 2.20. The van der Waals surface area contributed by atoms with E-state index in [4.69, 9.17) is 0 Å². The average Bonchev–Trinajstić information content (AvgIpc) is 2.50.